The second-order valence-corrected chi connectivity index (χ2v) is 21.8. The van der Waals surface area contributed by atoms with Crippen LogP contribution in [0.5, 0.6) is 0 Å². The molecule has 3 fully saturated rings. The van der Waals surface area contributed by atoms with Gasteiger partial charge in [-0.3, -0.25) is 33.6 Å². The van der Waals surface area contributed by atoms with Crippen LogP contribution in [-0.2, 0) is 85.7 Å². The predicted octanol–water partition coefficient (Wildman–Crippen LogP) is 3.78. The predicted molar refractivity (Wildman–Crippen MR) is 293 cm³/mol. The molecule has 17 atom stereocenters. The Morgan fingerprint density at radius 1 is 0.369 bits per heavy atom. The molecule has 0 unspecified atom stereocenters. The first kappa shape index (κ1) is 74.1. The Bertz CT molecular complexity index is 1920. The number of hydrogen-bond donors (Lipinski definition) is 8. The van der Waals surface area contributed by atoms with Gasteiger partial charge in [0.25, 0.3) is 0 Å². The summed E-state index contributed by atoms with van der Waals surface area (Å²) in [6, 6.07) is 0. The number of unbranched alkanes of at least 4 members (excludes halogenated alkanes) is 12. The van der Waals surface area contributed by atoms with Crippen molar-refractivity contribution in [3.8, 4) is 0 Å². The molecular weight excluding hydrogens is 1110 g/mol. The van der Waals surface area contributed by atoms with Crippen LogP contribution in [0.4, 0.5) is 0 Å². The van der Waals surface area contributed by atoms with E-state index >= 15 is 0 Å². The van der Waals surface area contributed by atoms with Crippen molar-refractivity contribution in [2.45, 2.75) is 306 Å². The molecule has 0 amide bonds. The van der Waals surface area contributed by atoms with Crippen LogP contribution in [0.1, 0.15) is 202 Å². The monoisotopic (exact) mass is 1210 g/mol. The van der Waals surface area contributed by atoms with E-state index in [0.29, 0.717) is 51.4 Å². The average Bonchev–Trinajstić information content (AvgIpc) is 3.45. The highest BCUT2D eigenvalue weighted by molar-refractivity contribution is 5.77. The number of aliphatic hydroxyl groups is 7. The van der Waals surface area contributed by atoms with Gasteiger partial charge in [-0.05, 0) is 44.9 Å². The van der Waals surface area contributed by atoms with E-state index < -0.39 is 192 Å². The lowest BCUT2D eigenvalue weighted by atomic mass is 9.96. The lowest BCUT2D eigenvalue weighted by Crippen LogP contribution is -2.67. The number of rotatable bonds is 42. The number of hydrogen-bond acceptors (Lipinski definition) is 25. The van der Waals surface area contributed by atoms with Crippen molar-refractivity contribution in [2.24, 2.45) is 0 Å². The van der Waals surface area contributed by atoms with Crippen LogP contribution < -0.4 is 0 Å². The standard InChI is InChI=1S/C58H98O26/c1-6-11-16-17-22-24-36(75-42(65)26-20-14-9-4)30-45(68)81-51-39(34-61)78-57(54(49(51)72)80-44(67)29-28-40(62)63)84-58-55(82-46(69)31-35(23-18-12-7-2)74-41(64)25-19-13-8-3)53(48(71)38(33-60)77-58)83-56-50(73)52(47(70)37(32-59)76-56)79-43(66)27-21-15-10-5/h35-39,47-61,70-73H,6-34H2,1-5H3,(H,62,63)/t35-,36+,37+,38+,39+,47+,48+,49-,50+,51+,52-,53-,54+,55+,56-,57+,58+/m0/s1. The Hall–Kier alpha value is -4.19. The first-order valence-corrected chi connectivity index (χ1v) is 30.5. The van der Waals surface area contributed by atoms with Crippen molar-refractivity contribution in [3.63, 3.8) is 0 Å². The molecule has 8 N–H and O–H groups in total. The first-order valence-electron chi connectivity index (χ1n) is 30.5. The summed E-state index contributed by atoms with van der Waals surface area (Å²) in [5.41, 5.74) is 0. The van der Waals surface area contributed by atoms with Crippen LogP contribution in [0.3, 0.4) is 0 Å². The minimum absolute atomic E-state index is 0.0605. The molecular formula is C58H98O26. The molecule has 3 heterocycles. The summed E-state index contributed by atoms with van der Waals surface area (Å²) in [6.07, 6.45) is -21.2. The highest BCUT2D eigenvalue weighted by atomic mass is 16.8. The Kier molecular flexibility index (Phi) is 36.2. The zero-order valence-electron chi connectivity index (χ0n) is 49.7. The fourth-order valence-corrected chi connectivity index (χ4v) is 9.90. The molecule has 0 aromatic carbocycles. The quantitative estimate of drug-likeness (QED) is 0.0245. The molecule has 26 nitrogen and oxygen atoms in total. The molecule has 26 heteroatoms. The van der Waals surface area contributed by atoms with Crippen molar-refractivity contribution >= 4 is 41.8 Å². The molecule has 486 valence electrons. The van der Waals surface area contributed by atoms with Crippen molar-refractivity contribution in [2.75, 3.05) is 19.8 Å². The smallest absolute Gasteiger partial charge is 0.310 e. The molecule has 84 heavy (non-hydrogen) atoms. The van der Waals surface area contributed by atoms with Gasteiger partial charge in [0, 0.05) is 19.3 Å². The molecule has 0 spiro atoms. The van der Waals surface area contributed by atoms with E-state index in [4.69, 9.17) is 52.1 Å². The van der Waals surface area contributed by atoms with Gasteiger partial charge >= 0.3 is 41.8 Å². The largest absolute Gasteiger partial charge is 0.481 e. The summed E-state index contributed by atoms with van der Waals surface area (Å²) in [5.74, 6) is -6.72. The fourth-order valence-electron chi connectivity index (χ4n) is 9.90. The van der Waals surface area contributed by atoms with Gasteiger partial charge in [-0.25, -0.2) is 0 Å². The Balaban J connectivity index is 2.13. The lowest BCUT2D eigenvalue weighted by molar-refractivity contribution is -0.393. The summed E-state index contributed by atoms with van der Waals surface area (Å²) < 4.78 is 64.5. The maximum absolute atomic E-state index is 14.3. The van der Waals surface area contributed by atoms with Gasteiger partial charge in [0.2, 0.25) is 12.6 Å². The fraction of sp³-hybridized carbons (Fsp3) is 0.879. The second kappa shape index (κ2) is 41.1. The zero-order valence-corrected chi connectivity index (χ0v) is 49.7. The molecule has 0 bridgehead atoms. The van der Waals surface area contributed by atoms with E-state index in [0.717, 1.165) is 64.2 Å². The molecule has 0 saturated carbocycles. The van der Waals surface area contributed by atoms with E-state index in [1.165, 1.54) is 0 Å². The third-order valence-corrected chi connectivity index (χ3v) is 14.7. The molecule has 0 aromatic rings. The molecule has 3 aliphatic rings. The summed E-state index contributed by atoms with van der Waals surface area (Å²) >= 11 is 0. The number of esters is 6. The maximum atomic E-state index is 14.3. The number of aliphatic carboxylic acids is 1. The summed E-state index contributed by atoms with van der Waals surface area (Å²) in [7, 11) is 0. The molecule has 3 aliphatic heterocycles. The Morgan fingerprint density at radius 3 is 1.27 bits per heavy atom. The third-order valence-electron chi connectivity index (χ3n) is 14.7. The van der Waals surface area contributed by atoms with E-state index in [2.05, 4.69) is 6.92 Å². The van der Waals surface area contributed by atoms with E-state index in [1.807, 2.05) is 27.7 Å². The number of carbonyl (C=O) groups excluding carboxylic acids is 6. The molecule has 0 aliphatic carbocycles. The third kappa shape index (κ3) is 25.6. The number of carbonyl (C=O) groups is 7. The minimum atomic E-state index is -2.18. The minimum Gasteiger partial charge on any atom is -0.481 e. The van der Waals surface area contributed by atoms with E-state index in [9.17, 15) is 74.4 Å². The SMILES string of the molecule is CCCCCCC[C@H](CC(=O)O[C@H]1[C@H](O)[C@@H](OC(=O)CCC(=O)O)[C@@H](O[C@H]2O[C@H](CO)[C@@H](O)[C@H](O[C@@H]3O[C@H](CO)[C@@H](O)[C@H](OC(=O)CCCCC)[C@H]3O)[C@H]2OC(=O)C[C@H](CCCCC)OC(=O)CCCCC)O[C@@H]1CO)OC(=O)CCCCC. The van der Waals surface area contributed by atoms with Crippen molar-refractivity contribution < 1.29 is 127 Å². The van der Waals surface area contributed by atoms with Crippen LogP contribution in [0, 0.1) is 0 Å². The Labute approximate surface area is 492 Å². The van der Waals surface area contributed by atoms with Gasteiger partial charge in [-0.1, -0.05) is 112 Å². The van der Waals surface area contributed by atoms with Gasteiger partial charge in [-0.2, -0.15) is 0 Å². The van der Waals surface area contributed by atoms with Crippen molar-refractivity contribution in [3.05, 3.63) is 0 Å². The molecule has 3 saturated heterocycles. The number of ether oxygens (including phenoxy) is 11. The summed E-state index contributed by atoms with van der Waals surface area (Å²) in [6.45, 7) is 6.85. The Morgan fingerprint density at radius 2 is 0.762 bits per heavy atom. The van der Waals surface area contributed by atoms with Crippen LogP contribution in [0.15, 0.2) is 0 Å². The van der Waals surface area contributed by atoms with Gasteiger partial charge in [0.15, 0.2) is 30.7 Å². The van der Waals surface area contributed by atoms with Gasteiger partial charge in [0.1, 0.15) is 61.0 Å². The van der Waals surface area contributed by atoms with E-state index in [-0.39, 0.29) is 25.7 Å². The summed E-state index contributed by atoms with van der Waals surface area (Å²) in [5, 5.41) is 87.9. The van der Waals surface area contributed by atoms with Gasteiger partial charge in [0.05, 0.1) is 45.5 Å². The van der Waals surface area contributed by atoms with Gasteiger partial charge in [-0.15, -0.1) is 0 Å². The number of aliphatic hydroxyl groups excluding tert-OH is 7. The normalized spacial score (nSPS) is 28.5. The number of carboxylic acids is 1. The average molecular weight is 1210 g/mol. The van der Waals surface area contributed by atoms with Crippen molar-refractivity contribution in [1.82, 2.24) is 0 Å². The molecule has 3 rings (SSSR count). The van der Waals surface area contributed by atoms with Crippen molar-refractivity contribution in [1.29, 1.82) is 0 Å². The van der Waals surface area contributed by atoms with E-state index in [1.54, 1.807) is 0 Å². The first-order chi connectivity index (χ1) is 40.3. The lowest BCUT2D eigenvalue weighted by Gasteiger charge is -2.49. The molecule has 0 radical (unpaired) electrons. The van der Waals surface area contributed by atoms with Crippen LogP contribution >= 0.6 is 0 Å². The zero-order chi connectivity index (χ0) is 62.1. The summed E-state index contributed by atoms with van der Waals surface area (Å²) in [4.78, 5) is 92.0. The highest BCUT2D eigenvalue weighted by Gasteiger charge is 2.57. The topological polar surface area (TPSA) is 383 Å². The van der Waals surface area contributed by atoms with Gasteiger partial charge < -0.3 is 93.0 Å². The number of carboxylic acid groups (broad SMARTS) is 1. The second-order valence-electron chi connectivity index (χ2n) is 21.8. The molecule has 0 aromatic heterocycles. The maximum Gasteiger partial charge on any atom is 0.310 e. The van der Waals surface area contributed by atoms with Crippen LogP contribution in [-0.4, -0.2) is 207 Å². The van der Waals surface area contributed by atoms with Crippen LogP contribution in [0.2, 0.25) is 0 Å². The highest BCUT2D eigenvalue weighted by Crippen LogP contribution is 2.36. The van der Waals surface area contributed by atoms with Crippen LogP contribution in [0.25, 0.3) is 0 Å².